The second kappa shape index (κ2) is 7.58. The minimum atomic E-state index is 0.483. The summed E-state index contributed by atoms with van der Waals surface area (Å²) in [7, 11) is 4.25. The monoisotopic (exact) mass is 291 g/mol. The molecule has 0 atom stereocenters. The molecule has 0 amide bonds. The van der Waals surface area contributed by atoms with Crippen LogP contribution in [0.5, 0.6) is 0 Å². The van der Waals surface area contributed by atoms with Crippen molar-refractivity contribution in [3.8, 4) is 0 Å². The van der Waals surface area contributed by atoms with Gasteiger partial charge in [0, 0.05) is 39.3 Å². The number of hydrogen-bond donors (Lipinski definition) is 0. The van der Waals surface area contributed by atoms with Gasteiger partial charge >= 0.3 is 0 Å². The number of rotatable bonds is 7. The molecule has 0 heterocycles. The summed E-state index contributed by atoms with van der Waals surface area (Å²) in [6, 6.07) is 7.62. The summed E-state index contributed by atoms with van der Waals surface area (Å²) >= 11 is 0. The molecule has 0 fully saturated rings. The smallest absolute Gasteiger partial charge is 0.0841 e. The van der Waals surface area contributed by atoms with E-state index in [1.807, 2.05) is 0 Å². The molecule has 0 N–H and O–H groups in total. The second-order valence-corrected chi connectivity index (χ2v) is 6.31. The van der Waals surface area contributed by atoms with E-state index in [4.69, 9.17) is 0 Å². The minimum Gasteiger partial charge on any atom is -0.376 e. The van der Waals surface area contributed by atoms with Gasteiger partial charge in [-0.2, -0.15) is 0 Å². The largest absolute Gasteiger partial charge is 0.376 e. The molecule has 3 nitrogen and oxygen atoms in total. The molecule has 1 aromatic carbocycles. The maximum atomic E-state index is 2.51. The highest BCUT2D eigenvalue weighted by Gasteiger charge is 2.22. The number of nitrogens with zero attached hydrogens (tertiary/aromatic N) is 3. The van der Waals surface area contributed by atoms with Crippen molar-refractivity contribution in [2.75, 3.05) is 41.9 Å². The maximum Gasteiger partial charge on any atom is 0.0841 e. The van der Waals surface area contributed by atoms with Crippen LogP contribution in [0, 0.1) is 0 Å². The minimum absolute atomic E-state index is 0.483. The first-order chi connectivity index (χ1) is 9.84. The molecule has 1 rings (SSSR count). The van der Waals surface area contributed by atoms with Crippen molar-refractivity contribution in [2.24, 2.45) is 0 Å². The van der Waals surface area contributed by atoms with E-state index >= 15 is 0 Å². The van der Waals surface area contributed by atoms with Gasteiger partial charge < -0.3 is 14.7 Å². The lowest BCUT2D eigenvalue weighted by Gasteiger charge is -2.38. The SMILES string of the molecule is CCN(CC)c1c(N(C)C)cccc1N(C(C)C)C(C)C. The van der Waals surface area contributed by atoms with Gasteiger partial charge in [0.25, 0.3) is 0 Å². The standard InChI is InChI=1S/C18H33N3/c1-9-20(10-2)18-16(19(7)8)12-11-13-17(18)21(14(3)4)15(5)6/h11-15H,9-10H2,1-8H3. The van der Waals surface area contributed by atoms with E-state index in [1.165, 1.54) is 17.1 Å². The zero-order chi connectivity index (χ0) is 16.2. The summed E-state index contributed by atoms with van der Waals surface area (Å²) in [5, 5.41) is 0. The number of anilines is 3. The summed E-state index contributed by atoms with van der Waals surface area (Å²) in [6.07, 6.45) is 0. The first kappa shape index (κ1) is 17.7. The van der Waals surface area contributed by atoms with Crippen LogP contribution >= 0.6 is 0 Å². The molecule has 0 aliphatic rings. The summed E-state index contributed by atoms with van der Waals surface area (Å²) in [5.74, 6) is 0. The zero-order valence-electron chi connectivity index (χ0n) is 15.1. The summed E-state index contributed by atoms with van der Waals surface area (Å²) in [4.78, 5) is 7.19. The summed E-state index contributed by atoms with van der Waals surface area (Å²) in [5.41, 5.74) is 3.99. The Bertz CT molecular complexity index is 426. The average Bonchev–Trinajstić information content (AvgIpc) is 2.40. The normalized spacial score (nSPS) is 11.1. The topological polar surface area (TPSA) is 9.72 Å². The Hall–Kier alpha value is -1.38. The number of benzene rings is 1. The lowest BCUT2D eigenvalue weighted by molar-refractivity contribution is 0.607. The van der Waals surface area contributed by atoms with Crippen LogP contribution in [0.15, 0.2) is 18.2 Å². The van der Waals surface area contributed by atoms with Crippen LogP contribution in [0.25, 0.3) is 0 Å². The van der Waals surface area contributed by atoms with Crippen LogP contribution in [0.1, 0.15) is 41.5 Å². The lowest BCUT2D eigenvalue weighted by atomic mass is 10.1. The molecular weight excluding hydrogens is 258 g/mol. The Morgan fingerprint density at radius 2 is 1.33 bits per heavy atom. The van der Waals surface area contributed by atoms with Gasteiger partial charge in [-0.15, -0.1) is 0 Å². The van der Waals surface area contributed by atoms with Gasteiger partial charge in [-0.05, 0) is 53.7 Å². The Labute approximate surface area is 131 Å². The predicted octanol–water partition coefficient (Wildman–Crippen LogP) is 4.22. The van der Waals surface area contributed by atoms with Crippen molar-refractivity contribution in [3.05, 3.63) is 18.2 Å². The molecule has 3 heteroatoms. The highest BCUT2D eigenvalue weighted by molar-refractivity contribution is 5.85. The van der Waals surface area contributed by atoms with E-state index in [2.05, 4.69) is 88.5 Å². The third kappa shape index (κ3) is 3.84. The van der Waals surface area contributed by atoms with Crippen molar-refractivity contribution < 1.29 is 0 Å². The average molecular weight is 291 g/mol. The highest BCUT2D eigenvalue weighted by Crippen LogP contribution is 2.39. The molecule has 0 aromatic heterocycles. The molecule has 0 saturated heterocycles. The van der Waals surface area contributed by atoms with Crippen LogP contribution in [-0.4, -0.2) is 39.3 Å². The fourth-order valence-electron chi connectivity index (χ4n) is 3.11. The van der Waals surface area contributed by atoms with Crippen molar-refractivity contribution >= 4 is 17.1 Å². The van der Waals surface area contributed by atoms with E-state index in [0.29, 0.717) is 12.1 Å². The van der Waals surface area contributed by atoms with E-state index in [-0.39, 0.29) is 0 Å². The Morgan fingerprint density at radius 3 is 1.71 bits per heavy atom. The van der Waals surface area contributed by atoms with Crippen LogP contribution in [0.2, 0.25) is 0 Å². The lowest BCUT2D eigenvalue weighted by Crippen LogP contribution is -2.39. The van der Waals surface area contributed by atoms with Gasteiger partial charge in [-0.1, -0.05) is 6.07 Å². The quantitative estimate of drug-likeness (QED) is 0.744. The molecule has 0 spiro atoms. The predicted molar refractivity (Wildman–Crippen MR) is 97.1 cm³/mol. The number of hydrogen-bond acceptors (Lipinski definition) is 3. The third-order valence-electron chi connectivity index (χ3n) is 3.95. The van der Waals surface area contributed by atoms with Crippen molar-refractivity contribution in [1.29, 1.82) is 0 Å². The fraction of sp³-hybridized carbons (Fsp3) is 0.667. The van der Waals surface area contributed by atoms with Gasteiger partial charge in [-0.25, -0.2) is 0 Å². The molecule has 1 aromatic rings. The maximum absolute atomic E-state index is 2.51. The van der Waals surface area contributed by atoms with Crippen molar-refractivity contribution in [1.82, 2.24) is 0 Å². The molecular formula is C18H33N3. The van der Waals surface area contributed by atoms with Gasteiger partial charge in [0.05, 0.1) is 17.1 Å². The summed E-state index contributed by atoms with van der Waals surface area (Å²) in [6.45, 7) is 15.6. The van der Waals surface area contributed by atoms with E-state index in [0.717, 1.165) is 13.1 Å². The van der Waals surface area contributed by atoms with Crippen LogP contribution in [0.4, 0.5) is 17.1 Å². The van der Waals surface area contributed by atoms with Crippen molar-refractivity contribution in [2.45, 2.75) is 53.6 Å². The number of para-hydroxylation sites is 1. The molecule has 0 unspecified atom stereocenters. The fourth-order valence-corrected chi connectivity index (χ4v) is 3.11. The van der Waals surface area contributed by atoms with Gasteiger partial charge in [0.15, 0.2) is 0 Å². The molecule has 0 saturated carbocycles. The first-order valence-electron chi connectivity index (χ1n) is 8.18. The van der Waals surface area contributed by atoms with Crippen LogP contribution < -0.4 is 14.7 Å². The van der Waals surface area contributed by atoms with Crippen molar-refractivity contribution in [3.63, 3.8) is 0 Å². The second-order valence-electron chi connectivity index (χ2n) is 6.31. The first-order valence-corrected chi connectivity index (χ1v) is 8.18. The Balaban J connectivity index is 3.53. The Kier molecular flexibility index (Phi) is 6.38. The van der Waals surface area contributed by atoms with Gasteiger partial charge in [0.2, 0.25) is 0 Å². The van der Waals surface area contributed by atoms with E-state index < -0.39 is 0 Å². The van der Waals surface area contributed by atoms with Gasteiger partial charge in [-0.3, -0.25) is 0 Å². The molecule has 0 aliphatic carbocycles. The van der Waals surface area contributed by atoms with Crippen LogP contribution in [-0.2, 0) is 0 Å². The third-order valence-corrected chi connectivity index (χ3v) is 3.95. The zero-order valence-corrected chi connectivity index (χ0v) is 15.1. The van der Waals surface area contributed by atoms with E-state index in [1.54, 1.807) is 0 Å². The highest BCUT2D eigenvalue weighted by atomic mass is 15.2. The van der Waals surface area contributed by atoms with E-state index in [9.17, 15) is 0 Å². The molecule has 120 valence electrons. The van der Waals surface area contributed by atoms with Crippen LogP contribution in [0.3, 0.4) is 0 Å². The van der Waals surface area contributed by atoms with Gasteiger partial charge in [0.1, 0.15) is 0 Å². The Morgan fingerprint density at radius 1 is 0.857 bits per heavy atom. The molecule has 0 radical (unpaired) electrons. The summed E-state index contributed by atoms with van der Waals surface area (Å²) < 4.78 is 0. The molecule has 21 heavy (non-hydrogen) atoms. The molecule has 0 bridgehead atoms. The molecule has 0 aliphatic heterocycles.